The van der Waals surface area contributed by atoms with Gasteiger partial charge in [-0.3, -0.25) is 9.69 Å². The third-order valence-corrected chi connectivity index (χ3v) is 4.43. The number of hydrogen-bond acceptors (Lipinski definition) is 6. The van der Waals surface area contributed by atoms with Crippen LogP contribution in [0.2, 0.25) is 0 Å². The molecule has 2 aliphatic heterocycles. The number of amides is 2. The van der Waals surface area contributed by atoms with Crippen molar-refractivity contribution in [2.24, 2.45) is 0 Å². The van der Waals surface area contributed by atoms with Crippen molar-refractivity contribution in [3.8, 4) is 5.88 Å². The van der Waals surface area contributed by atoms with Crippen LogP contribution < -0.4 is 4.74 Å². The number of rotatable bonds is 3. The molecule has 25 heavy (non-hydrogen) atoms. The summed E-state index contributed by atoms with van der Waals surface area (Å²) in [6, 6.07) is 2.62. The number of ether oxygens (including phenoxy) is 2. The minimum atomic E-state index is -1.10. The van der Waals surface area contributed by atoms with Gasteiger partial charge >= 0.3 is 12.1 Å². The lowest BCUT2D eigenvalue weighted by atomic mass is 10.2. The van der Waals surface area contributed by atoms with E-state index in [0.717, 1.165) is 11.3 Å². The van der Waals surface area contributed by atoms with Gasteiger partial charge in [-0.2, -0.15) is 0 Å². The summed E-state index contributed by atoms with van der Waals surface area (Å²) in [6.07, 6.45) is -1.09. The number of pyridine rings is 1. The first-order valence-corrected chi connectivity index (χ1v) is 7.87. The molecule has 134 valence electrons. The van der Waals surface area contributed by atoms with Crippen LogP contribution in [0, 0.1) is 0 Å². The first-order valence-electron chi connectivity index (χ1n) is 7.87. The molecule has 1 aromatic heterocycles. The monoisotopic (exact) mass is 349 g/mol. The van der Waals surface area contributed by atoms with Crippen LogP contribution in [-0.2, 0) is 27.4 Å². The molecule has 1 saturated heterocycles. The van der Waals surface area contributed by atoms with E-state index in [9.17, 15) is 19.5 Å². The Morgan fingerprint density at radius 3 is 2.64 bits per heavy atom. The van der Waals surface area contributed by atoms with Gasteiger partial charge in [0.2, 0.25) is 11.8 Å². The summed E-state index contributed by atoms with van der Waals surface area (Å²) >= 11 is 0. The van der Waals surface area contributed by atoms with Gasteiger partial charge in [0.1, 0.15) is 12.1 Å². The van der Waals surface area contributed by atoms with E-state index in [2.05, 4.69) is 4.98 Å². The molecule has 0 radical (unpaired) electrons. The van der Waals surface area contributed by atoms with Crippen LogP contribution in [0.25, 0.3) is 0 Å². The van der Waals surface area contributed by atoms with Gasteiger partial charge < -0.3 is 19.5 Å². The molecule has 3 rings (SSSR count). The Balaban J connectivity index is 1.62. The molecular formula is C16H19N3O6. The predicted molar refractivity (Wildman–Crippen MR) is 83.7 cm³/mol. The third-order valence-electron chi connectivity index (χ3n) is 4.43. The molecule has 0 bridgehead atoms. The molecule has 1 N–H and O–H groups in total. The van der Waals surface area contributed by atoms with E-state index in [1.165, 1.54) is 23.8 Å². The number of aromatic nitrogens is 1. The van der Waals surface area contributed by atoms with Crippen LogP contribution in [0.5, 0.6) is 5.88 Å². The minimum Gasteiger partial charge on any atom is -0.481 e. The Morgan fingerprint density at radius 1 is 1.28 bits per heavy atom. The maximum absolute atomic E-state index is 12.4. The molecule has 9 heteroatoms. The van der Waals surface area contributed by atoms with Crippen molar-refractivity contribution in [3.05, 3.63) is 23.4 Å². The third kappa shape index (κ3) is 3.35. The van der Waals surface area contributed by atoms with Gasteiger partial charge in [-0.1, -0.05) is 0 Å². The Hall–Kier alpha value is -2.84. The molecule has 9 nitrogen and oxygen atoms in total. The second-order valence-corrected chi connectivity index (χ2v) is 6.08. The number of fused-ring (bicyclic) bond motifs is 1. The molecule has 0 aromatic carbocycles. The second-order valence-electron chi connectivity index (χ2n) is 6.08. The van der Waals surface area contributed by atoms with Crippen LogP contribution in [-0.4, -0.2) is 63.7 Å². The summed E-state index contributed by atoms with van der Waals surface area (Å²) in [5, 5.41) is 9.20. The highest BCUT2D eigenvalue weighted by Gasteiger charge is 2.41. The zero-order valence-electron chi connectivity index (χ0n) is 14.0. The number of carboxylic acid groups (broad SMARTS) is 1. The van der Waals surface area contributed by atoms with Crippen LogP contribution in [0.15, 0.2) is 12.1 Å². The first-order chi connectivity index (χ1) is 11.9. The van der Waals surface area contributed by atoms with E-state index >= 15 is 0 Å². The number of carbonyl (C=O) groups excluding carboxylic acids is 2. The smallest absolute Gasteiger partial charge is 0.410 e. The molecule has 2 aliphatic rings. The van der Waals surface area contributed by atoms with Gasteiger partial charge in [0.25, 0.3) is 0 Å². The lowest BCUT2D eigenvalue weighted by Gasteiger charge is -2.19. The number of nitrogens with zero attached hydrogens (tertiary/aromatic N) is 3. The van der Waals surface area contributed by atoms with Crippen molar-refractivity contribution >= 4 is 18.0 Å². The zero-order valence-corrected chi connectivity index (χ0v) is 14.0. The summed E-state index contributed by atoms with van der Waals surface area (Å²) < 4.78 is 10.5. The van der Waals surface area contributed by atoms with Gasteiger partial charge in [0, 0.05) is 19.4 Å². The van der Waals surface area contributed by atoms with Gasteiger partial charge in [-0.25, -0.2) is 14.6 Å². The molecule has 2 amide bonds. The molecule has 0 unspecified atom stereocenters. The van der Waals surface area contributed by atoms with Crippen molar-refractivity contribution in [1.29, 1.82) is 0 Å². The molecular weight excluding hydrogens is 330 g/mol. The van der Waals surface area contributed by atoms with Gasteiger partial charge in [-0.15, -0.1) is 0 Å². The second kappa shape index (κ2) is 6.58. The van der Waals surface area contributed by atoms with Gasteiger partial charge in [0.15, 0.2) is 0 Å². The van der Waals surface area contributed by atoms with Crippen molar-refractivity contribution in [2.45, 2.75) is 38.6 Å². The number of carboxylic acids is 1. The maximum atomic E-state index is 12.4. The fourth-order valence-corrected chi connectivity index (χ4v) is 3.16. The molecule has 0 aliphatic carbocycles. The average molecular weight is 349 g/mol. The van der Waals surface area contributed by atoms with Gasteiger partial charge in [0.05, 0.1) is 32.4 Å². The summed E-state index contributed by atoms with van der Waals surface area (Å²) in [5.41, 5.74) is 1.66. The maximum Gasteiger partial charge on any atom is 0.410 e. The molecule has 1 aromatic rings. The predicted octanol–water partition coefficient (Wildman–Crippen LogP) is 0.616. The fraction of sp³-hybridized carbons (Fsp3) is 0.500. The Morgan fingerprint density at radius 2 is 2.04 bits per heavy atom. The normalized spacial score (nSPS) is 21.8. The fourth-order valence-electron chi connectivity index (χ4n) is 3.16. The summed E-state index contributed by atoms with van der Waals surface area (Å²) in [7, 11) is 1.52. The summed E-state index contributed by atoms with van der Waals surface area (Å²) in [4.78, 5) is 42.2. The lowest BCUT2D eigenvalue weighted by Crippen LogP contribution is -2.39. The number of aliphatic carboxylic acids is 1. The number of likely N-dealkylation sites (tertiary alicyclic amines) is 1. The van der Waals surface area contributed by atoms with Crippen molar-refractivity contribution in [3.63, 3.8) is 0 Å². The molecule has 0 spiro atoms. The number of methoxy groups -OCH3 is 1. The standard InChI is InChI=1S/C16H19N3O6/c1-9(20)19-7-11(5-13(19)15(21)22)25-16(23)18-6-10-3-4-14(24-2)17-12(10)8-18/h3-4,11,13H,5-8H2,1-2H3,(H,21,22)/t11-,13+/m1/s1. The highest BCUT2D eigenvalue weighted by Crippen LogP contribution is 2.26. The molecule has 1 fully saturated rings. The van der Waals surface area contributed by atoms with Crippen LogP contribution >= 0.6 is 0 Å². The zero-order chi connectivity index (χ0) is 18.1. The van der Waals surface area contributed by atoms with Crippen LogP contribution in [0.1, 0.15) is 24.6 Å². The highest BCUT2D eigenvalue weighted by atomic mass is 16.6. The van der Waals surface area contributed by atoms with Crippen LogP contribution in [0.3, 0.4) is 0 Å². The minimum absolute atomic E-state index is 0.0882. The summed E-state index contributed by atoms with van der Waals surface area (Å²) in [6.45, 7) is 2.06. The van der Waals surface area contributed by atoms with E-state index in [-0.39, 0.29) is 18.9 Å². The largest absolute Gasteiger partial charge is 0.481 e. The topological polar surface area (TPSA) is 109 Å². The quantitative estimate of drug-likeness (QED) is 0.852. The average Bonchev–Trinajstić information content (AvgIpc) is 3.17. The highest BCUT2D eigenvalue weighted by molar-refractivity contribution is 5.83. The Labute approximate surface area is 144 Å². The van der Waals surface area contributed by atoms with E-state index in [1.807, 2.05) is 6.07 Å². The van der Waals surface area contributed by atoms with Crippen molar-refractivity contribution in [2.75, 3.05) is 13.7 Å². The van der Waals surface area contributed by atoms with Crippen molar-refractivity contribution < 1.29 is 29.0 Å². The van der Waals surface area contributed by atoms with Crippen LogP contribution in [0.4, 0.5) is 4.79 Å². The van der Waals surface area contributed by atoms with E-state index in [0.29, 0.717) is 19.0 Å². The van der Waals surface area contributed by atoms with Gasteiger partial charge in [-0.05, 0) is 11.6 Å². The van der Waals surface area contributed by atoms with Crippen molar-refractivity contribution in [1.82, 2.24) is 14.8 Å². The Bertz CT molecular complexity index is 700. The SMILES string of the molecule is COc1ccc2c(n1)CN(C(=O)O[C@@H]1C[C@@H](C(=O)O)N(C(C)=O)C1)C2. The van der Waals surface area contributed by atoms with E-state index in [1.54, 1.807) is 6.07 Å². The first kappa shape index (κ1) is 17.0. The number of hydrogen-bond donors (Lipinski definition) is 1. The molecule has 2 atom stereocenters. The number of carbonyl (C=O) groups is 3. The molecule has 3 heterocycles. The van der Waals surface area contributed by atoms with E-state index in [4.69, 9.17) is 9.47 Å². The Kier molecular flexibility index (Phi) is 4.47. The molecule has 0 saturated carbocycles. The lowest BCUT2D eigenvalue weighted by molar-refractivity contribution is -0.147. The summed E-state index contributed by atoms with van der Waals surface area (Å²) in [5.74, 6) is -0.972. The van der Waals surface area contributed by atoms with E-state index < -0.39 is 24.2 Å².